The third kappa shape index (κ3) is 4.86. The maximum atomic E-state index is 12.8. The van der Waals surface area contributed by atoms with Crippen molar-refractivity contribution in [3.05, 3.63) is 82.8 Å². The van der Waals surface area contributed by atoms with Gasteiger partial charge in [0.2, 0.25) is 0 Å². The van der Waals surface area contributed by atoms with Crippen LogP contribution in [0, 0.1) is 0 Å². The van der Waals surface area contributed by atoms with E-state index in [9.17, 15) is 14.4 Å². The minimum Gasteiger partial charge on any atom is -0.331 e. The molecule has 0 saturated heterocycles. The number of carbonyl (C=O) groups is 3. The van der Waals surface area contributed by atoms with Gasteiger partial charge in [0.15, 0.2) is 17.7 Å². The van der Waals surface area contributed by atoms with Gasteiger partial charge in [-0.05, 0) is 25.0 Å². The summed E-state index contributed by atoms with van der Waals surface area (Å²) < 4.78 is 1.92. The number of Topliss-reactive ketones (excluding diaryl/α,β-unsaturated/α-hetero) is 2. The lowest BCUT2D eigenvalue weighted by Crippen LogP contribution is -2.35. The highest BCUT2D eigenvalue weighted by Gasteiger charge is 2.38. The number of benzene rings is 2. The normalized spacial score (nSPS) is 15.7. The summed E-state index contributed by atoms with van der Waals surface area (Å²) in [5.74, 6) is 0.711. The van der Waals surface area contributed by atoms with Gasteiger partial charge in [0, 0.05) is 17.7 Å². The molecule has 184 valence electrons. The van der Waals surface area contributed by atoms with Gasteiger partial charge >= 0.3 is 6.03 Å². The van der Waals surface area contributed by atoms with E-state index >= 15 is 0 Å². The number of imidazole rings is 1. The summed E-state index contributed by atoms with van der Waals surface area (Å²) >= 11 is 0. The predicted octanol–water partition coefficient (Wildman–Crippen LogP) is 4.57. The molecule has 1 atom stereocenters. The molecule has 9 nitrogen and oxygen atoms in total. The Balaban J connectivity index is 0.00000148. The van der Waals surface area contributed by atoms with Crippen LogP contribution in [-0.2, 0) is 13.1 Å². The summed E-state index contributed by atoms with van der Waals surface area (Å²) in [4.78, 5) is 50.7. The van der Waals surface area contributed by atoms with Crippen LogP contribution in [0.3, 0.4) is 0 Å². The van der Waals surface area contributed by atoms with E-state index in [0.717, 1.165) is 11.1 Å². The molecule has 36 heavy (non-hydrogen) atoms. The monoisotopic (exact) mass is 484 g/mol. The zero-order valence-electron chi connectivity index (χ0n) is 20.7. The Morgan fingerprint density at radius 2 is 1.44 bits per heavy atom. The highest BCUT2D eigenvalue weighted by Crippen LogP contribution is 2.28. The van der Waals surface area contributed by atoms with Crippen molar-refractivity contribution in [2.45, 2.75) is 47.0 Å². The number of urea groups is 1. The molecule has 1 N–H and O–H groups in total. The summed E-state index contributed by atoms with van der Waals surface area (Å²) in [7, 11) is 0. The topological polar surface area (TPSA) is 109 Å². The number of ketones is 2. The SMILES string of the molecule is CC.CC(=O)c1ccc(CN2C(=O)N=C3c4ncn(Cc5ccc(C(C)=O)cc5)c4NC=NC32)cc1. The Morgan fingerprint density at radius 3 is 2.00 bits per heavy atom. The van der Waals surface area contributed by atoms with Crippen molar-refractivity contribution in [2.75, 3.05) is 5.32 Å². The fraction of sp³-hybridized carbons (Fsp3) is 0.259. The van der Waals surface area contributed by atoms with Crippen LogP contribution in [0.5, 0.6) is 0 Å². The third-order valence-electron chi connectivity index (χ3n) is 5.93. The number of hydrogen-bond acceptors (Lipinski definition) is 6. The molecule has 0 bridgehead atoms. The van der Waals surface area contributed by atoms with Crippen molar-refractivity contribution in [2.24, 2.45) is 9.98 Å². The van der Waals surface area contributed by atoms with Gasteiger partial charge in [0.05, 0.1) is 19.2 Å². The van der Waals surface area contributed by atoms with E-state index in [2.05, 4.69) is 20.3 Å². The smallest absolute Gasteiger partial charge is 0.331 e. The number of aromatic nitrogens is 2. The zero-order valence-corrected chi connectivity index (χ0v) is 20.7. The number of anilines is 1. The average Bonchev–Trinajstić information content (AvgIpc) is 3.35. The van der Waals surface area contributed by atoms with Crippen molar-refractivity contribution < 1.29 is 14.4 Å². The molecule has 1 aromatic heterocycles. The van der Waals surface area contributed by atoms with Crippen LogP contribution in [0.25, 0.3) is 0 Å². The second-order valence-electron chi connectivity index (χ2n) is 8.28. The van der Waals surface area contributed by atoms with E-state index in [1.165, 1.54) is 6.92 Å². The highest BCUT2D eigenvalue weighted by atomic mass is 16.2. The van der Waals surface area contributed by atoms with Crippen LogP contribution in [0.2, 0.25) is 0 Å². The first-order valence-electron chi connectivity index (χ1n) is 11.8. The van der Waals surface area contributed by atoms with E-state index in [4.69, 9.17) is 0 Å². The number of amides is 2. The summed E-state index contributed by atoms with van der Waals surface area (Å²) in [6.45, 7) is 7.90. The number of rotatable bonds is 6. The molecule has 2 aliphatic rings. The van der Waals surface area contributed by atoms with E-state index in [0.29, 0.717) is 41.4 Å². The van der Waals surface area contributed by atoms with Crippen LogP contribution >= 0.6 is 0 Å². The second-order valence-corrected chi connectivity index (χ2v) is 8.28. The Kier molecular flexibility index (Phi) is 7.19. The number of hydrogen-bond donors (Lipinski definition) is 1. The maximum Gasteiger partial charge on any atom is 0.346 e. The van der Waals surface area contributed by atoms with Crippen LogP contribution in [-0.4, -0.2) is 50.3 Å². The van der Waals surface area contributed by atoms with Crippen molar-refractivity contribution in [1.82, 2.24) is 14.5 Å². The Hall–Kier alpha value is -4.40. The fourth-order valence-corrected chi connectivity index (χ4v) is 4.05. The summed E-state index contributed by atoms with van der Waals surface area (Å²) in [5, 5.41) is 3.17. The Bertz CT molecular complexity index is 1350. The van der Waals surface area contributed by atoms with E-state index < -0.39 is 6.17 Å². The third-order valence-corrected chi connectivity index (χ3v) is 5.93. The van der Waals surface area contributed by atoms with Gasteiger partial charge in [-0.25, -0.2) is 14.8 Å². The standard InChI is InChI=1S/C25H22N6O3.C2H6/c1-15(32)19-7-3-17(4-8-19)11-30-14-28-21-22-24(27-13-26-23(21)30)31(25(34)29-22)12-18-5-9-20(10-6-18)16(2)33;1-2/h3-10,13-14,24H,11-12H2,1-2H3,(H,26,27);1-2H3. The summed E-state index contributed by atoms with van der Waals surface area (Å²) in [6, 6.07) is 14.2. The van der Waals surface area contributed by atoms with Gasteiger partial charge < -0.3 is 9.88 Å². The van der Waals surface area contributed by atoms with Gasteiger partial charge in [-0.2, -0.15) is 4.99 Å². The van der Waals surface area contributed by atoms with Gasteiger partial charge in [-0.15, -0.1) is 0 Å². The van der Waals surface area contributed by atoms with Crippen molar-refractivity contribution >= 4 is 35.5 Å². The molecule has 2 amide bonds. The molecule has 1 unspecified atom stereocenters. The van der Waals surface area contributed by atoms with E-state index in [1.807, 2.05) is 42.7 Å². The van der Waals surface area contributed by atoms with E-state index in [-0.39, 0.29) is 17.6 Å². The first kappa shape index (κ1) is 24.7. The molecule has 3 heterocycles. The number of aliphatic imine (C=N–C) groups is 2. The lowest BCUT2D eigenvalue weighted by Gasteiger charge is -2.21. The molecule has 2 aromatic carbocycles. The van der Waals surface area contributed by atoms with Gasteiger partial charge in [-0.3, -0.25) is 14.5 Å². The zero-order chi connectivity index (χ0) is 25.8. The molecular weight excluding hydrogens is 456 g/mol. The molecule has 5 rings (SSSR count). The van der Waals surface area contributed by atoms with Gasteiger partial charge in [0.25, 0.3) is 0 Å². The molecule has 9 heteroatoms. The lowest BCUT2D eigenvalue weighted by atomic mass is 10.1. The van der Waals surface area contributed by atoms with Crippen molar-refractivity contribution in [3.63, 3.8) is 0 Å². The number of carbonyl (C=O) groups excluding carboxylic acids is 3. The first-order valence-corrected chi connectivity index (χ1v) is 11.8. The quantitative estimate of drug-likeness (QED) is 0.516. The second kappa shape index (κ2) is 10.5. The lowest BCUT2D eigenvalue weighted by molar-refractivity contribution is 0.100. The fourth-order valence-electron chi connectivity index (χ4n) is 4.05. The van der Waals surface area contributed by atoms with E-state index in [1.54, 1.807) is 48.8 Å². The Morgan fingerprint density at radius 1 is 0.889 bits per heavy atom. The minimum atomic E-state index is -0.591. The summed E-state index contributed by atoms with van der Waals surface area (Å²) in [6.07, 6.45) is 2.67. The molecule has 0 fully saturated rings. The van der Waals surface area contributed by atoms with Crippen molar-refractivity contribution in [3.8, 4) is 0 Å². The molecular formula is C27H28N6O3. The molecule has 0 radical (unpaired) electrons. The molecule has 0 aliphatic carbocycles. The predicted molar refractivity (Wildman–Crippen MR) is 139 cm³/mol. The van der Waals surface area contributed by atoms with Crippen LogP contribution in [0.1, 0.15) is 65.2 Å². The average molecular weight is 485 g/mol. The number of nitrogens with zero attached hydrogens (tertiary/aromatic N) is 5. The molecule has 0 spiro atoms. The van der Waals surface area contributed by atoms with Crippen LogP contribution in [0.15, 0.2) is 64.8 Å². The van der Waals surface area contributed by atoms with Crippen LogP contribution in [0.4, 0.5) is 10.6 Å². The molecule has 0 saturated carbocycles. The van der Waals surface area contributed by atoms with Gasteiger partial charge in [0.1, 0.15) is 17.2 Å². The minimum absolute atomic E-state index is 0.00762. The maximum absolute atomic E-state index is 12.8. The first-order chi connectivity index (χ1) is 17.4. The highest BCUT2D eigenvalue weighted by molar-refractivity contribution is 6.17. The van der Waals surface area contributed by atoms with Crippen molar-refractivity contribution in [1.29, 1.82) is 0 Å². The van der Waals surface area contributed by atoms with Crippen LogP contribution < -0.4 is 5.32 Å². The Labute approximate surface area is 209 Å². The largest absolute Gasteiger partial charge is 0.346 e. The molecule has 2 aliphatic heterocycles. The number of nitrogens with one attached hydrogen (secondary N) is 1. The number of fused-ring (bicyclic) bond motifs is 3. The summed E-state index contributed by atoms with van der Waals surface area (Å²) in [5.41, 5.74) is 4.23. The van der Waals surface area contributed by atoms with Gasteiger partial charge in [-0.1, -0.05) is 62.4 Å². The molecule has 3 aromatic rings.